The van der Waals surface area contributed by atoms with Crippen LogP contribution in [0.15, 0.2) is 30.3 Å². The summed E-state index contributed by atoms with van der Waals surface area (Å²) in [6.45, 7) is 1.75. The van der Waals surface area contributed by atoms with Gasteiger partial charge in [-0.15, -0.1) is 0 Å². The van der Waals surface area contributed by atoms with Crippen LogP contribution in [0, 0.1) is 5.92 Å². The predicted molar refractivity (Wildman–Crippen MR) is 88.4 cm³/mol. The first-order chi connectivity index (χ1) is 11.6. The summed E-state index contributed by atoms with van der Waals surface area (Å²) in [6.07, 6.45) is 2.82. The van der Waals surface area contributed by atoms with E-state index in [1.807, 2.05) is 30.3 Å². The molecule has 1 amide bonds. The molecule has 1 aliphatic rings. The summed E-state index contributed by atoms with van der Waals surface area (Å²) in [5.41, 5.74) is 3.32. The van der Waals surface area contributed by atoms with Crippen LogP contribution in [0.25, 0.3) is 0 Å². The number of amides is 1. The van der Waals surface area contributed by atoms with Gasteiger partial charge in [-0.1, -0.05) is 30.3 Å². The molecule has 0 unspecified atom stereocenters. The van der Waals surface area contributed by atoms with Gasteiger partial charge in [0, 0.05) is 11.3 Å². The fraction of sp³-hybridized carbons (Fsp3) is 0.389. The number of aromatic nitrogens is 2. The van der Waals surface area contributed by atoms with E-state index in [9.17, 15) is 9.59 Å². The fourth-order valence-electron chi connectivity index (χ4n) is 3.20. The number of nitrogens with zero attached hydrogens (tertiary/aromatic N) is 1. The van der Waals surface area contributed by atoms with Crippen molar-refractivity contribution in [2.75, 3.05) is 7.11 Å². The highest BCUT2D eigenvalue weighted by molar-refractivity contribution is 5.94. The molecule has 2 N–H and O–H groups in total. The smallest absolute Gasteiger partial charge is 0.310 e. The van der Waals surface area contributed by atoms with E-state index >= 15 is 0 Å². The van der Waals surface area contributed by atoms with E-state index in [-0.39, 0.29) is 11.9 Å². The summed E-state index contributed by atoms with van der Waals surface area (Å²) in [6, 6.07) is 8.96. The molecule has 1 aromatic heterocycles. The van der Waals surface area contributed by atoms with Gasteiger partial charge in [-0.2, -0.15) is 5.10 Å². The van der Waals surface area contributed by atoms with Crippen LogP contribution < -0.4 is 5.32 Å². The molecule has 1 heterocycles. The van der Waals surface area contributed by atoms with E-state index in [0.717, 1.165) is 36.1 Å². The van der Waals surface area contributed by atoms with Gasteiger partial charge in [0.1, 0.15) is 0 Å². The minimum absolute atomic E-state index is 0.265. The Balaban J connectivity index is 1.86. The lowest BCUT2D eigenvalue weighted by atomic mass is 9.94. The second-order valence-corrected chi connectivity index (χ2v) is 6.06. The number of aromatic amines is 1. The summed E-state index contributed by atoms with van der Waals surface area (Å²) in [5, 5.41) is 10.1. The molecule has 3 rings (SSSR count). The van der Waals surface area contributed by atoms with Gasteiger partial charge in [-0.3, -0.25) is 14.7 Å². The lowest BCUT2D eigenvalue weighted by Gasteiger charge is -2.23. The van der Waals surface area contributed by atoms with Gasteiger partial charge in [-0.05, 0) is 31.7 Å². The van der Waals surface area contributed by atoms with Crippen molar-refractivity contribution < 1.29 is 14.3 Å². The molecule has 0 radical (unpaired) electrons. The van der Waals surface area contributed by atoms with E-state index in [1.165, 1.54) is 7.11 Å². The van der Waals surface area contributed by atoms with Crippen LogP contribution in [0.2, 0.25) is 0 Å². The number of hydrogen-bond donors (Lipinski definition) is 2. The van der Waals surface area contributed by atoms with Crippen molar-refractivity contribution in [3.8, 4) is 0 Å². The lowest BCUT2D eigenvalue weighted by molar-refractivity contribution is -0.145. The number of aryl methyl sites for hydroxylation is 1. The molecule has 0 saturated carbocycles. The summed E-state index contributed by atoms with van der Waals surface area (Å²) >= 11 is 0. The van der Waals surface area contributed by atoms with Crippen LogP contribution in [-0.4, -0.2) is 29.2 Å². The van der Waals surface area contributed by atoms with Crippen molar-refractivity contribution in [2.24, 2.45) is 5.92 Å². The van der Waals surface area contributed by atoms with E-state index in [2.05, 4.69) is 15.5 Å². The average molecular weight is 327 g/mol. The summed E-state index contributed by atoms with van der Waals surface area (Å²) in [4.78, 5) is 24.7. The van der Waals surface area contributed by atoms with Crippen molar-refractivity contribution >= 4 is 11.9 Å². The number of hydrogen-bond acceptors (Lipinski definition) is 4. The number of nitrogens with one attached hydrogen (secondary N) is 2. The maximum Gasteiger partial charge on any atom is 0.310 e. The fourth-order valence-corrected chi connectivity index (χ4v) is 3.20. The third-order valence-electron chi connectivity index (χ3n) is 4.54. The number of rotatable bonds is 5. The van der Waals surface area contributed by atoms with Gasteiger partial charge < -0.3 is 10.1 Å². The van der Waals surface area contributed by atoms with Gasteiger partial charge in [0.15, 0.2) is 5.69 Å². The van der Waals surface area contributed by atoms with Crippen molar-refractivity contribution in [1.29, 1.82) is 0 Å². The summed E-state index contributed by atoms with van der Waals surface area (Å²) < 4.78 is 4.85. The van der Waals surface area contributed by atoms with Crippen LogP contribution in [0.4, 0.5) is 0 Å². The predicted octanol–water partition coefficient (Wildman–Crippen LogP) is 2.18. The Hall–Kier alpha value is -2.63. The molecule has 126 valence electrons. The standard InChI is InChI=1S/C18H21N3O3/c1-11(18(23)24-2)15(12-7-4-3-5-8-12)19-17(22)16-13-9-6-10-14(13)20-21-16/h3-5,7-8,11,15H,6,9-10H2,1-2H3,(H,19,22)(H,20,21)/t11-,15-/m0/s1. The maximum atomic E-state index is 12.7. The summed E-state index contributed by atoms with van der Waals surface area (Å²) in [7, 11) is 1.35. The largest absolute Gasteiger partial charge is 0.469 e. The van der Waals surface area contributed by atoms with E-state index in [1.54, 1.807) is 6.92 Å². The van der Waals surface area contributed by atoms with Crippen molar-refractivity contribution in [3.05, 3.63) is 52.8 Å². The molecule has 24 heavy (non-hydrogen) atoms. The Kier molecular flexibility index (Phi) is 4.64. The van der Waals surface area contributed by atoms with Crippen molar-refractivity contribution in [1.82, 2.24) is 15.5 Å². The van der Waals surface area contributed by atoms with Crippen molar-refractivity contribution in [3.63, 3.8) is 0 Å². The lowest BCUT2D eigenvalue weighted by Crippen LogP contribution is -2.36. The monoisotopic (exact) mass is 327 g/mol. The van der Waals surface area contributed by atoms with Crippen LogP contribution in [0.5, 0.6) is 0 Å². The minimum Gasteiger partial charge on any atom is -0.469 e. The molecule has 0 spiro atoms. The van der Waals surface area contributed by atoms with Gasteiger partial charge in [-0.25, -0.2) is 0 Å². The Morgan fingerprint density at radius 1 is 1.25 bits per heavy atom. The zero-order valence-electron chi connectivity index (χ0n) is 13.8. The zero-order valence-corrected chi connectivity index (χ0v) is 13.8. The van der Waals surface area contributed by atoms with Gasteiger partial charge in [0.2, 0.25) is 0 Å². The molecular formula is C18H21N3O3. The number of fused-ring (bicyclic) bond motifs is 1. The Labute approximate surface area is 140 Å². The number of carbonyl (C=O) groups excluding carboxylic acids is 2. The number of ether oxygens (including phenoxy) is 1. The number of esters is 1. The number of H-pyrrole nitrogens is 1. The Morgan fingerprint density at radius 3 is 2.71 bits per heavy atom. The second kappa shape index (κ2) is 6.86. The Morgan fingerprint density at radius 2 is 2.00 bits per heavy atom. The van der Waals surface area contributed by atoms with Crippen LogP contribution in [0.1, 0.15) is 46.7 Å². The molecule has 2 atom stereocenters. The van der Waals surface area contributed by atoms with Crippen LogP contribution in [0.3, 0.4) is 0 Å². The molecular weight excluding hydrogens is 306 g/mol. The van der Waals surface area contributed by atoms with E-state index in [0.29, 0.717) is 5.69 Å². The van der Waals surface area contributed by atoms with E-state index in [4.69, 9.17) is 4.74 Å². The first-order valence-electron chi connectivity index (χ1n) is 8.11. The SMILES string of the molecule is COC(=O)[C@@H](C)[C@H](NC(=O)c1n[nH]c2c1CCC2)c1ccccc1. The highest BCUT2D eigenvalue weighted by Crippen LogP contribution is 2.26. The third-order valence-corrected chi connectivity index (χ3v) is 4.54. The molecule has 0 aliphatic heterocycles. The summed E-state index contributed by atoms with van der Waals surface area (Å²) in [5.74, 6) is -1.14. The molecule has 6 heteroatoms. The van der Waals surface area contributed by atoms with E-state index < -0.39 is 12.0 Å². The normalized spacial score (nSPS) is 15.4. The number of carbonyl (C=O) groups is 2. The van der Waals surface area contributed by atoms with Gasteiger partial charge in [0.05, 0.1) is 19.1 Å². The second-order valence-electron chi connectivity index (χ2n) is 6.06. The molecule has 1 aromatic carbocycles. The molecule has 2 aromatic rings. The zero-order chi connectivity index (χ0) is 17.1. The van der Waals surface area contributed by atoms with Gasteiger partial charge >= 0.3 is 5.97 Å². The maximum absolute atomic E-state index is 12.7. The molecule has 0 fully saturated rings. The topological polar surface area (TPSA) is 84.1 Å². The third kappa shape index (κ3) is 3.04. The molecule has 6 nitrogen and oxygen atoms in total. The molecule has 0 saturated heterocycles. The van der Waals surface area contributed by atoms with Crippen LogP contribution in [-0.2, 0) is 22.4 Å². The highest BCUT2D eigenvalue weighted by atomic mass is 16.5. The number of benzene rings is 1. The quantitative estimate of drug-likeness (QED) is 0.825. The van der Waals surface area contributed by atoms with Crippen molar-refractivity contribution in [2.45, 2.75) is 32.2 Å². The first-order valence-corrected chi connectivity index (χ1v) is 8.11. The van der Waals surface area contributed by atoms with Crippen LogP contribution >= 0.6 is 0 Å². The molecule has 1 aliphatic carbocycles. The number of methoxy groups -OCH3 is 1. The Bertz CT molecular complexity index is 739. The highest BCUT2D eigenvalue weighted by Gasteiger charge is 2.30. The minimum atomic E-state index is -0.506. The average Bonchev–Trinajstić information content (AvgIpc) is 3.22. The first kappa shape index (κ1) is 16.2. The van der Waals surface area contributed by atoms with Gasteiger partial charge in [0.25, 0.3) is 5.91 Å². The molecule has 0 bridgehead atoms.